The van der Waals surface area contributed by atoms with Crippen molar-refractivity contribution in [2.45, 2.75) is 11.3 Å². The molecule has 5 nitrogen and oxygen atoms in total. The standard InChI is InChI=1S/C14H18N2O3S2/c17-6-7-20-9-14(12(18)15-13(19)16-14)10-21-8-11-4-2-1-3-5-11/h1-5,17H,6-10H2,(H2,15,16,18,19). The number of rotatable bonds is 8. The first kappa shape index (κ1) is 16.2. The molecule has 1 saturated heterocycles. The normalized spacial score (nSPS) is 21.2. The number of hydrogen-bond acceptors (Lipinski definition) is 5. The van der Waals surface area contributed by atoms with Crippen molar-refractivity contribution < 1.29 is 14.7 Å². The summed E-state index contributed by atoms with van der Waals surface area (Å²) in [4.78, 5) is 23.5. The Labute approximate surface area is 132 Å². The Kier molecular flexibility index (Phi) is 5.96. The maximum atomic E-state index is 12.1. The van der Waals surface area contributed by atoms with Crippen molar-refractivity contribution in [2.24, 2.45) is 0 Å². The van der Waals surface area contributed by atoms with E-state index in [0.29, 0.717) is 17.3 Å². The van der Waals surface area contributed by atoms with E-state index in [2.05, 4.69) is 10.6 Å². The highest BCUT2D eigenvalue weighted by atomic mass is 32.2. The van der Waals surface area contributed by atoms with Crippen LogP contribution in [0.2, 0.25) is 0 Å². The predicted octanol–water partition coefficient (Wildman–Crippen LogP) is 1.22. The van der Waals surface area contributed by atoms with Gasteiger partial charge in [0, 0.05) is 23.0 Å². The number of nitrogens with one attached hydrogen (secondary N) is 2. The zero-order chi connectivity index (χ0) is 15.1. The second-order valence-corrected chi connectivity index (χ2v) is 6.84. The van der Waals surface area contributed by atoms with Crippen molar-refractivity contribution in [3.63, 3.8) is 0 Å². The summed E-state index contributed by atoms with van der Waals surface area (Å²) < 4.78 is 0. The summed E-state index contributed by atoms with van der Waals surface area (Å²) in [5.74, 6) is 2.04. The van der Waals surface area contributed by atoms with Crippen molar-refractivity contribution in [1.82, 2.24) is 10.6 Å². The summed E-state index contributed by atoms with van der Waals surface area (Å²) in [6.45, 7) is 0.0630. The summed E-state index contributed by atoms with van der Waals surface area (Å²) in [7, 11) is 0. The summed E-state index contributed by atoms with van der Waals surface area (Å²) in [5.41, 5.74) is 0.307. The molecule has 7 heteroatoms. The van der Waals surface area contributed by atoms with E-state index in [0.717, 1.165) is 5.75 Å². The molecular weight excluding hydrogens is 308 g/mol. The molecule has 0 aromatic heterocycles. The van der Waals surface area contributed by atoms with Gasteiger partial charge < -0.3 is 10.4 Å². The molecule has 0 saturated carbocycles. The van der Waals surface area contributed by atoms with E-state index in [9.17, 15) is 9.59 Å². The molecule has 21 heavy (non-hydrogen) atoms. The van der Waals surface area contributed by atoms with Gasteiger partial charge in [-0.25, -0.2) is 4.79 Å². The molecule has 1 fully saturated rings. The number of aliphatic hydroxyl groups is 1. The maximum absolute atomic E-state index is 12.1. The average Bonchev–Trinajstić information content (AvgIpc) is 2.75. The van der Waals surface area contributed by atoms with Crippen LogP contribution in [0.3, 0.4) is 0 Å². The second-order valence-electron chi connectivity index (χ2n) is 4.74. The van der Waals surface area contributed by atoms with E-state index in [-0.39, 0.29) is 12.5 Å². The summed E-state index contributed by atoms with van der Waals surface area (Å²) in [5, 5.41) is 13.9. The first-order valence-electron chi connectivity index (χ1n) is 6.60. The highest BCUT2D eigenvalue weighted by molar-refractivity contribution is 8.00. The number of hydrogen-bond donors (Lipinski definition) is 3. The minimum absolute atomic E-state index is 0.0630. The monoisotopic (exact) mass is 326 g/mol. The highest BCUT2D eigenvalue weighted by Crippen LogP contribution is 2.24. The largest absolute Gasteiger partial charge is 0.396 e. The van der Waals surface area contributed by atoms with Crippen molar-refractivity contribution >= 4 is 35.5 Å². The lowest BCUT2D eigenvalue weighted by Crippen LogP contribution is -2.51. The molecule has 3 N–H and O–H groups in total. The fourth-order valence-corrected chi connectivity index (χ4v) is 4.24. The first-order valence-corrected chi connectivity index (χ1v) is 8.91. The lowest BCUT2D eigenvalue weighted by Gasteiger charge is -2.25. The van der Waals surface area contributed by atoms with Crippen LogP contribution in [0.15, 0.2) is 30.3 Å². The van der Waals surface area contributed by atoms with Crippen LogP contribution in [0.5, 0.6) is 0 Å². The Hall–Kier alpha value is -1.18. The van der Waals surface area contributed by atoms with E-state index in [4.69, 9.17) is 5.11 Å². The smallest absolute Gasteiger partial charge is 0.322 e. The van der Waals surface area contributed by atoms with Gasteiger partial charge in [-0.15, -0.1) is 0 Å². The molecule has 2 rings (SSSR count). The van der Waals surface area contributed by atoms with Gasteiger partial charge in [0.2, 0.25) is 0 Å². The molecule has 0 bridgehead atoms. The Morgan fingerprint density at radius 1 is 1.10 bits per heavy atom. The molecule has 1 aromatic rings. The molecule has 1 aliphatic rings. The lowest BCUT2D eigenvalue weighted by atomic mass is 10.1. The first-order chi connectivity index (χ1) is 10.2. The summed E-state index contributed by atoms with van der Waals surface area (Å²) in [6, 6.07) is 9.55. The number of urea groups is 1. The molecular formula is C14H18N2O3S2. The van der Waals surface area contributed by atoms with Gasteiger partial charge in [0.1, 0.15) is 5.54 Å². The van der Waals surface area contributed by atoms with Crippen molar-refractivity contribution in [3.05, 3.63) is 35.9 Å². The fourth-order valence-electron chi connectivity index (χ4n) is 2.00. The summed E-state index contributed by atoms with van der Waals surface area (Å²) in [6.07, 6.45) is 0. The van der Waals surface area contributed by atoms with Crippen LogP contribution in [0.1, 0.15) is 5.56 Å². The Morgan fingerprint density at radius 2 is 1.81 bits per heavy atom. The van der Waals surface area contributed by atoms with E-state index >= 15 is 0 Å². The SMILES string of the molecule is O=C1NC(=O)C(CSCCO)(CSCc2ccccc2)N1. The van der Waals surface area contributed by atoms with Crippen LogP contribution in [0.25, 0.3) is 0 Å². The zero-order valence-electron chi connectivity index (χ0n) is 11.5. The Morgan fingerprint density at radius 3 is 2.43 bits per heavy atom. The van der Waals surface area contributed by atoms with Gasteiger partial charge in [-0.1, -0.05) is 30.3 Å². The van der Waals surface area contributed by atoms with Crippen LogP contribution in [-0.4, -0.2) is 46.4 Å². The summed E-state index contributed by atoms with van der Waals surface area (Å²) >= 11 is 3.08. The molecule has 0 radical (unpaired) electrons. The van der Waals surface area contributed by atoms with Gasteiger partial charge >= 0.3 is 6.03 Å². The molecule has 1 atom stereocenters. The van der Waals surface area contributed by atoms with Crippen LogP contribution >= 0.6 is 23.5 Å². The zero-order valence-corrected chi connectivity index (χ0v) is 13.1. The number of carbonyl (C=O) groups is 2. The van der Waals surface area contributed by atoms with Gasteiger partial charge in [0.05, 0.1) is 6.61 Å². The minimum Gasteiger partial charge on any atom is -0.396 e. The van der Waals surface area contributed by atoms with Gasteiger partial charge in [0.15, 0.2) is 0 Å². The fraction of sp³-hybridized carbons (Fsp3) is 0.429. The van der Waals surface area contributed by atoms with Crippen molar-refractivity contribution in [2.75, 3.05) is 23.9 Å². The molecule has 1 aromatic carbocycles. The Bertz CT molecular complexity index is 498. The number of carbonyl (C=O) groups excluding carboxylic acids is 2. The van der Waals surface area contributed by atoms with Gasteiger partial charge in [-0.3, -0.25) is 10.1 Å². The van der Waals surface area contributed by atoms with E-state index < -0.39 is 11.6 Å². The molecule has 1 heterocycles. The van der Waals surface area contributed by atoms with Crippen molar-refractivity contribution in [1.29, 1.82) is 0 Å². The average molecular weight is 326 g/mol. The van der Waals surface area contributed by atoms with E-state index in [1.54, 1.807) is 11.8 Å². The van der Waals surface area contributed by atoms with Crippen LogP contribution in [0.4, 0.5) is 4.79 Å². The highest BCUT2D eigenvalue weighted by Gasteiger charge is 2.45. The number of amides is 3. The van der Waals surface area contributed by atoms with Crippen LogP contribution < -0.4 is 10.6 Å². The van der Waals surface area contributed by atoms with Crippen molar-refractivity contribution in [3.8, 4) is 0 Å². The minimum atomic E-state index is -0.879. The molecule has 0 spiro atoms. The number of benzene rings is 1. The maximum Gasteiger partial charge on any atom is 0.322 e. The second kappa shape index (κ2) is 7.72. The number of imide groups is 1. The molecule has 3 amide bonds. The lowest BCUT2D eigenvalue weighted by molar-refractivity contribution is -0.122. The Balaban J connectivity index is 1.93. The number of aliphatic hydroxyl groups excluding tert-OH is 1. The van der Waals surface area contributed by atoms with E-state index in [1.165, 1.54) is 17.3 Å². The van der Waals surface area contributed by atoms with Crippen LogP contribution in [0, 0.1) is 0 Å². The quantitative estimate of drug-likeness (QED) is 0.495. The van der Waals surface area contributed by atoms with E-state index in [1.807, 2.05) is 30.3 Å². The van der Waals surface area contributed by atoms with Gasteiger partial charge in [0.25, 0.3) is 5.91 Å². The third kappa shape index (κ3) is 4.39. The third-order valence-corrected chi connectivity index (χ3v) is 5.46. The molecule has 1 aliphatic heterocycles. The van der Waals surface area contributed by atoms with Gasteiger partial charge in [-0.2, -0.15) is 23.5 Å². The third-order valence-electron chi connectivity index (χ3n) is 3.06. The molecule has 1 unspecified atom stereocenters. The molecule has 0 aliphatic carbocycles. The topological polar surface area (TPSA) is 78.4 Å². The van der Waals surface area contributed by atoms with Gasteiger partial charge in [-0.05, 0) is 5.56 Å². The van der Waals surface area contributed by atoms with Crippen LogP contribution in [-0.2, 0) is 10.5 Å². The molecule has 114 valence electrons. The number of thioether (sulfide) groups is 2. The predicted molar refractivity (Wildman–Crippen MR) is 86.4 cm³/mol.